The Balaban J connectivity index is 1.94. The number of benzene rings is 2. The number of nitrogens with zero attached hydrogens (tertiary/aromatic N) is 3. The second-order valence-corrected chi connectivity index (χ2v) is 8.03. The quantitative estimate of drug-likeness (QED) is 0.366. The average Bonchev–Trinajstić information content (AvgIpc) is 2.92. The third kappa shape index (κ3) is 4.61. The minimum absolute atomic E-state index is 0.00922. The van der Waals surface area contributed by atoms with Crippen molar-refractivity contribution in [3.63, 3.8) is 0 Å². The summed E-state index contributed by atoms with van der Waals surface area (Å²) in [6, 6.07) is 13.3. The largest absolute Gasteiger partial charge is 0.286 e. The first-order valence-corrected chi connectivity index (χ1v) is 9.83. The number of aliphatic imine (C=N–C) groups is 1. The summed E-state index contributed by atoms with van der Waals surface area (Å²) in [5.74, 6) is 0.127. The van der Waals surface area contributed by atoms with Crippen molar-refractivity contribution in [2.75, 3.05) is 6.54 Å². The summed E-state index contributed by atoms with van der Waals surface area (Å²) < 4.78 is 0. The van der Waals surface area contributed by atoms with Gasteiger partial charge >= 0.3 is 0 Å². The van der Waals surface area contributed by atoms with Crippen molar-refractivity contribution >= 4 is 51.9 Å². The van der Waals surface area contributed by atoms with Crippen LogP contribution in [0, 0.1) is 16.0 Å². The molecule has 0 aromatic heterocycles. The minimum Gasteiger partial charge on any atom is -0.286 e. The van der Waals surface area contributed by atoms with E-state index in [1.165, 1.54) is 23.9 Å². The number of thioether (sulfide) groups is 1. The fraction of sp³-hybridized carbons (Fsp3) is 0.200. The number of amidine groups is 1. The molecular formula is C20H18ClN3O3S. The zero-order valence-electron chi connectivity index (χ0n) is 15.3. The van der Waals surface area contributed by atoms with Crippen LogP contribution in [-0.4, -0.2) is 27.4 Å². The number of para-hydroxylation sites is 1. The minimum atomic E-state index is -0.453. The number of hydrogen-bond acceptors (Lipinski definition) is 5. The van der Waals surface area contributed by atoms with Crippen LogP contribution in [0.15, 0.2) is 58.4 Å². The summed E-state index contributed by atoms with van der Waals surface area (Å²) in [5.41, 5.74) is 1.32. The Bertz CT molecular complexity index is 971. The number of amides is 1. The summed E-state index contributed by atoms with van der Waals surface area (Å²) in [4.78, 5) is 30.0. The molecule has 1 heterocycles. The number of rotatable bonds is 5. The van der Waals surface area contributed by atoms with E-state index in [1.54, 1.807) is 35.2 Å². The molecule has 1 fully saturated rings. The van der Waals surface area contributed by atoms with Crippen molar-refractivity contribution in [1.29, 1.82) is 0 Å². The van der Waals surface area contributed by atoms with Crippen LogP contribution in [0.25, 0.3) is 6.08 Å². The van der Waals surface area contributed by atoms with E-state index in [9.17, 15) is 14.9 Å². The van der Waals surface area contributed by atoms with Crippen LogP contribution in [0.1, 0.15) is 19.4 Å². The number of non-ortho nitro benzene ring substituents is 1. The molecule has 0 radical (unpaired) electrons. The SMILES string of the molecule is CC(C)CN1C(=O)/C(=C\c2ccc([N+](=O)[O-])cc2)SC1=Nc1ccccc1Cl. The molecule has 0 atom stereocenters. The zero-order chi connectivity index (χ0) is 20.3. The fourth-order valence-electron chi connectivity index (χ4n) is 2.61. The highest BCUT2D eigenvalue weighted by Gasteiger charge is 2.33. The van der Waals surface area contributed by atoms with Crippen molar-refractivity contribution in [3.05, 3.63) is 74.1 Å². The summed E-state index contributed by atoms with van der Waals surface area (Å²) in [6.45, 7) is 4.60. The lowest BCUT2D eigenvalue weighted by molar-refractivity contribution is -0.384. The lowest BCUT2D eigenvalue weighted by Crippen LogP contribution is -2.32. The number of halogens is 1. The third-order valence-electron chi connectivity index (χ3n) is 3.91. The average molecular weight is 416 g/mol. The first-order valence-electron chi connectivity index (χ1n) is 8.64. The first kappa shape index (κ1) is 20.1. The van der Waals surface area contributed by atoms with Crippen LogP contribution >= 0.6 is 23.4 Å². The maximum atomic E-state index is 12.9. The number of nitro benzene ring substituents is 1. The van der Waals surface area contributed by atoms with E-state index in [0.717, 1.165) is 0 Å². The Morgan fingerprint density at radius 3 is 2.50 bits per heavy atom. The van der Waals surface area contributed by atoms with Crippen LogP contribution in [-0.2, 0) is 4.79 Å². The number of nitro groups is 1. The monoisotopic (exact) mass is 415 g/mol. The van der Waals surface area contributed by atoms with Crippen LogP contribution in [0.5, 0.6) is 0 Å². The molecule has 144 valence electrons. The maximum absolute atomic E-state index is 12.9. The predicted molar refractivity (Wildman–Crippen MR) is 114 cm³/mol. The highest BCUT2D eigenvalue weighted by molar-refractivity contribution is 8.18. The predicted octanol–water partition coefficient (Wildman–Crippen LogP) is 5.51. The molecule has 28 heavy (non-hydrogen) atoms. The van der Waals surface area contributed by atoms with Gasteiger partial charge < -0.3 is 0 Å². The highest BCUT2D eigenvalue weighted by Crippen LogP contribution is 2.36. The van der Waals surface area contributed by atoms with E-state index in [0.29, 0.717) is 32.9 Å². The topological polar surface area (TPSA) is 75.8 Å². The normalized spacial score (nSPS) is 17.1. The summed E-state index contributed by atoms with van der Waals surface area (Å²) >= 11 is 7.48. The molecular weight excluding hydrogens is 398 g/mol. The Kier molecular flexibility index (Phi) is 6.16. The van der Waals surface area contributed by atoms with Gasteiger partial charge in [0.1, 0.15) is 0 Å². The van der Waals surface area contributed by atoms with Gasteiger partial charge in [-0.1, -0.05) is 37.6 Å². The standard InChI is InChI=1S/C20H18ClN3O3S/c1-13(2)12-23-19(25)18(11-14-7-9-15(10-8-14)24(26)27)28-20(23)22-17-6-4-3-5-16(17)21/h3-11,13H,12H2,1-2H3/b18-11+,22-20?. The lowest BCUT2D eigenvalue weighted by Gasteiger charge is -2.17. The second kappa shape index (κ2) is 8.58. The molecule has 1 aliphatic rings. The third-order valence-corrected chi connectivity index (χ3v) is 5.23. The lowest BCUT2D eigenvalue weighted by atomic mass is 10.2. The maximum Gasteiger partial charge on any atom is 0.269 e. The van der Waals surface area contributed by atoms with Crippen LogP contribution in [0.2, 0.25) is 5.02 Å². The van der Waals surface area contributed by atoms with E-state index in [2.05, 4.69) is 4.99 Å². The Hall–Kier alpha value is -2.64. The van der Waals surface area contributed by atoms with Gasteiger partial charge in [-0.3, -0.25) is 19.8 Å². The molecule has 0 saturated carbocycles. The summed E-state index contributed by atoms with van der Waals surface area (Å²) in [7, 11) is 0. The molecule has 6 nitrogen and oxygen atoms in total. The van der Waals surface area contributed by atoms with Crippen LogP contribution in [0.3, 0.4) is 0 Å². The van der Waals surface area contributed by atoms with Crippen molar-refractivity contribution < 1.29 is 9.72 Å². The number of carbonyl (C=O) groups is 1. The Morgan fingerprint density at radius 2 is 1.89 bits per heavy atom. The van der Waals surface area contributed by atoms with Crippen LogP contribution < -0.4 is 0 Å². The zero-order valence-corrected chi connectivity index (χ0v) is 16.9. The van der Waals surface area contributed by atoms with E-state index < -0.39 is 4.92 Å². The van der Waals surface area contributed by atoms with Gasteiger partial charge in [-0.2, -0.15) is 0 Å². The number of carbonyl (C=O) groups excluding carboxylic acids is 1. The molecule has 0 N–H and O–H groups in total. The Labute approximate surface area is 172 Å². The number of hydrogen-bond donors (Lipinski definition) is 0. The van der Waals surface area contributed by atoms with E-state index in [1.807, 2.05) is 26.0 Å². The molecule has 2 aromatic rings. The van der Waals surface area contributed by atoms with Crippen molar-refractivity contribution in [1.82, 2.24) is 4.90 Å². The second-order valence-electron chi connectivity index (χ2n) is 6.61. The molecule has 2 aromatic carbocycles. The van der Waals surface area contributed by atoms with Gasteiger partial charge in [-0.25, -0.2) is 4.99 Å². The molecule has 0 aliphatic carbocycles. The molecule has 1 amide bonds. The van der Waals surface area contributed by atoms with Crippen molar-refractivity contribution in [3.8, 4) is 0 Å². The molecule has 8 heteroatoms. The van der Waals surface area contributed by atoms with Gasteiger partial charge in [-0.05, 0) is 53.6 Å². The molecule has 0 spiro atoms. The first-order chi connectivity index (χ1) is 13.3. The Morgan fingerprint density at radius 1 is 1.21 bits per heavy atom. The van der Waals surface area contributed by atoms with Crippen molar-refractivity contribution in [2.24, 2.45) is 10.9 Å². The molecule has 0 bridgehead atoms. The van der Waals surface area contributed by atoms with Gasteiger partial charge in [0.2, 0.25) is 0 Å². The van der Waals surface area contributed by atoms with E-state index in [4.69, 9.17) is 11.6 Å². The van der Waals surface area contributed by atoms with Crippen LogP contribution in [0.4, 0.5) is 11.4 Å². The fourth-order valence-corrected chi connectivity index (χ4v) is 3.79. The molecule has 3 rings (SSSR count). The summed E-state index contributed by atoms with van der Waals surface area (Å²) in [6.07, 6.45) is 1.72. The van der Waals surface area contributed by atoms with Gasteiger partial charge in [0.15, 0.2) is 5.17 Å². The molecule has 1 aliphatic heterocycles. The summed E-state index contributed by atoms with van der Waals surface area (Å²) in [5, 5.41) is 11.9. The molecule has 0 unspecified atom stereocenters. The molecule has 1 saturated heterocycles. The van der Waals surface area contributed by atoms with E-state index in [-0.39, 0.29) is 17.5 Å². The van der Waals surface area contributed by atoms with Gasteiger partial charge in [-0.15, -0.1) is 0 Å². The van der Waals surface area contributed by atoms with Gasteiger partial charge in [0, 0.05) is 18.7 Å². The van der Waals surface area contributed by atoms with E-state index >= 15 is 0 Å². The van der Waals surface area contributed by atoms with Gasteiger partial charge in [0.25, 0.3) is 11.6 Å². The smallest absolute Gasteiger partial charge is 0.269 e. The highest BCUT2D eigenvalue weighted by atomic mass is 35.5. The van der Waals surface area contributed by atoms with Gasteiger partial charge in [0.05, 0.1) is 20.5 Å². The van der Waals surface area contributed by atoms with Crippen molar-refractivity contribution in [2.45, 2.75) is 13.8 Å².